The molecule has 3 heterocycles. The highest BCUT2D eigenvalue weighted by atomic mass is 32.2. The van der Waals surface area contributed by atoms with Crippen molar-refractivity contribution in [3.63, 3.8) is 0 Å². The van der Waals surface area contributed by atoms with Crippen LogP contribution in [0.1, 0.15) is 68.0 Å². The smallest absolute Gasteiger partial charge is 0.245 e. The van der Waals surface area contributed by atoms with Crippen LogP contribution in [0.5, 0.6) is 0 Å². The van der Waals surface area contributed by atoms with Crippen LogP contribution in [0.4, 0.5) is 0 Å². The van der Waals surface area contributed by atoms with E-state index >= 15 is 0 Å². The zero-order chi connectivity index (χ0) is 14.0. The van der Waals surface area contributed by atoms with Gasteiger partial charge in [-0.15, -0.1) is 0 Å². The fraction of sp³-hybridized carbons (Fsp3) is 0.846. The third-order valence-electron chi connectivity index (χ3n) is 4.18. The van der Waals surface area contributed by atoms with Gasteiger partial charge in [0, 0.05) is 0 Å². The molecule has 20 heavy (non-hydrogen) atoms. The van der Waals surface area contributed by atoms with Gasteiger partial charge in [-0.2, -0.15) is 4.98 Å². The minimum absolute atomic E-state index is 0.0984. The van der Waals surface area contributed by atoms with Gasteiger partial charge in [0.1, 0.15) is 5.25 Å². The Hall–Kier alpha value is -0.950. The van der Waals surface area contributed by atoms with E-state index in [1.807, 2.05) is 0 Å². The van der Waals surface area contributed by atoms with Gasteiger partial charge in [-0.3, -0.25) is 0 Å². The Morgan fingerprint density at radius 2 is 1.95 bits per heavy atom. The highest BCUT2D eigenvalue weighted by Gasteiger charge is 2.35. The van der Waals surface area contributed by atoms with Gasteiger partial charge < -0.3 is 9.84 Å². The van der Waals surface area contributed by atoms with Crippen molar-refractivity contribution in [2.45, 2.75) is 56.2 Å². The SMILES string of the molecule is O=S1(=O)CCCCC1c1nc(C2CCCCCN2)no1. The number of rotatable bonds is 2. The van der Waals surface area contributed by atoms with Crippen molar-refractivity contribution >= 4 is 9.84 Å². The van der Waals surface area contributed by atoms with Gasteiger partial charge in [-0.25, -0.2) is 8.42 Å². The minimum Gasteiger partial charge on any atom is -0.338 e. The quantitative estimate of drug-likeness (QED) is 0.898. The molecule has 2 unspecified atom stereocenters. The second-order valence-corrected chi connectivity index (χ2v) is 8.00. The molecule has 0 aliphatic carbocycles. The lowest BCUT2D eigenvalue weighted by molar-refractivity contribution is 0.352. The summed E-state index contributed by atoms with van der Waals surface area (Å²) >= 11 is 0. The molecule has 0 aromatic carbocycles. The summed E-state index contributed by atoms with van der Waals surface area (Å²) in [6, 6.07) is 0.0984. The van der Waals surface area contributed by atoms with Crippen molar-refractivity contribution in [1.82, 2.24) is 15.5 Å². The van der Waals surface area contributed by atoms with Crippen LogP contribution in [-0.4, -0.2) is 30.9 Å². The molecule has 6 nitrogen and oxygen atoms in total. The van der Waals surface area contributed by atoms with Crippen molar-refractivity contribution in [3.05, 3.63) is 11.7 Å². The predicted octanol–water partition coefficient (Wildman–Crippen LogP) is 1.91. The average molecular weight is 299 g/mol. The fourth-order valence-electron chi connectivity index (χ4n) is 3.00. The molecule has 2 atom stereocenters. The van der Waals surface area contributed by atoms with E-state index in [1.54, 1.807) is 0 Å². The van der Waals surface area contributed by atoms with Crippen LogP contribution in [0.15, 0.2) is 4.52 Å². The molecule has 1 aromatic heterocycles. The molecule has 0 spiro atoms. The summed E-state index contributed by atoms with van der Waals surface area (Å²) in [5, 5.41) is 6.82. The molecule has 1 N–H and O–H groups in total. The van der Waals surface area contributed by atoms with E-state index < -0.39 is 15.1 Å². The Morgan fingerprint density at radius 3 is 2.80 bits per heavy atom. The lowest BCUT2D eigenvalue weighted by atomic mass is 10.1. The minimum atomic E-state index is -3.12. The van der Waals surface area contributed by atoms with Crippen LogP contribution in [0.25, 0.3) is 0 Å². The van der Waals surface area contributed by atoms with Gasteiger partial charge in [-0.05, 0) is 32.2 Å². The highest BCUT2D eigenvalue weighted by molar-refractivity contribution is 7.91. The number of hydrogen-bond donors (Lipinski definition) is 1. The zero-order valence-corrected chi connectivity index (χ0v) is 12.4. The molecule has 0 radical (unpaired) electrons. The lowest BCUT2D eigenvalue weighted by Crippen LogP contribution is -2.23. The summed E-state index contributed by atoms with van der Waals surface area (Å²) < 4.78 is 29.4. The second kappa shape index (κ2) is 5.81. The largest absolute Gasteiger partial charge is 0.338 e. The molecule has 7 heteroatoms. The molecule has 0 saturated carbocycles. The molecule has 2 saturated heterocycles. The number of nitrogens with zero attached hydrogens (tertiary/aromatic N) is 2. The van der Waals surface area contributed by atoms with E-state index in [4.69, 9.17) is 4.52 Å². The summed E-state index contributed by atoms with van der Waals surface area (Å²) in [6.07, 6.45) is 6.75. The van der Waals surface area contributed by atoms with Crippen molar-refractivity contribution in [2.24, 2.45) is 0 Å². The number of sulfone groups is 1. The van der Waals surface area contributed by atoms with Crippen molar-refractivity contribution in [2.75, 3.05) is 12.3 Å². The van der Waals surface area contributed by atoms with Crippen LogP contribution in [0.3, 0.4) is 0 Å². The standard InChI is InChI=1S/C13H21N3O3S/c17-20(18)9-5-3-7-11(20)13-15-12(16-19-13)10-6-2-1-4-8-14-10/h10-11,14H,1-9H2. The third-order valence-corrected chi connectivity index (χ3v) is 6.35. The summed E-state index contributed by atoms with van der Waals surface area (Å²) in [5.74, 6) is 1.13. The van der Waals surface area contributed by atoms with Crippen molar-refractivity contribution in [1.29, 1.82) is 0 Å². The zero-order valence-electron chi connectivity index (χ0n) is 11.5. The molecule has 3 rings (SSSR count). The van der Waals surface area contributed by atoms with E-state index in [0.717, 1.165) is 38.6 Å². The van der Waals surface area contributed by atoms with Gasteiger partial charge in [0.25, 0.3) is 0 Å². The normalized spacial score (nSPS) is 30.8. The number of nitrogens with one attached hydrogen (secondary N) is 1. The number of aromatic nitrogens is 2. The van der Waals surface area contributed by atoms with E-state index in [1.165, 1.54) is 6.42 Å². The molecule has 2 fully saturated rings. The van der Waals surface area contributed by atoms with E-state index in [0.29, 0.717) is 12.2 Å². The van der Waals surface area contributed by atoms with Crippen molar-refractivity contribution in [3.8, 4) is 0 Å². The summed E-state index contributed by atoms with van der Waals surface area (Å²) in [4.78, 5) is 4.38. The predicted molar refractivity (Wildman–Crippen MR) is 73.9 cm³/mol. The Kier molecular flexibility index (Phi) is 4.07. The third kappa shape index (κ3) is 2.88. The molecule has 0 amide bonds. The molecule has 2 aliphatic heterocycles. The maximum absolute atomic E-state index is 12.1. The van der Waals surface area contributed by atoms with Gasteiger partial charge in [-0.1, -0.05) is 24.4 Å². The first-order valence-electron chi connectivity index (χ1n) is 7.45. The first kappa shape index (κ1) is 14.0. The second-order valence-electron chi connectivity index (χ2n) is 5.70. The fourth-order valence-corrected chi connectivity index (χ4v) is 4.82. The lowest BCUT2D eigenvalue weighted by Gasteiger charge is -2.18. The average Bonchev–Trinajstić information content (AvgIpc) is 2.73. The maximum Gasteiger partial charge on any atom is 0.245 e. The molecular formula is C13H21N3O3S. The van der Waals surface area contributed by atoms with Crippen LogP contribution < -0.4 is 5.32 Å². The molecule has 112 valence electrons. The van der Waals surface area contributed by atoms with Gasteiger partial charge >= 0.3 is 0 Å². The maximum atomic E-state index is 12.1. The highest BCUT2D eigenvalue weighted by Crippen LogP contribution is 2.33. The van der Waals surface area contributed by atoms with E-state index in [-0.39, 0.29) is 17.7 Å². The Labute approximate surface area is 119 Å². The summed E-state index contributed by atoms with van der Waals surface area (Å²) in [6.45, 7) is 0.955. The Morgan fingerprint density at radius 1 is 1.10 bits per heavy atom. The van der Waals surface area contributed by atoms with E-state index in [2.05, 4.69) is 15.5 Å². The van der Waals surface area contributed by atoms with Gasteiger partial charge in [0.2, 0.25) is 5.89 Å². The molecular weight excluding hydrogens is 278 g/mol. The van der Waals surface area contributed by atoms with Crippen LogP contribution in [0, 0.1) is 0 Å². The first-order valence-corrected chi connectivity index (χ1v) is 9.17. The molecule has 1 aromatic rings. The van der Waals surface area contributed by atoms with Gasteiger partial charge in [0.05, 0.1) is 11.8 Å². The van der Waals surface area contributed by atoms with Crippen molar-refractivity contribution < 1.29 is 12.9 Å². The van der Waals surface area contributed by atoms with Crippen LogP contribution in [0.2, 0.25) is 0 Å². The van der Waals surface area contributed by atoms with Crippen LogP contribution >= 0.6 is 0 Å². The molecule has 2 aliphatic rings. The van der Waals surface area contributed by atoms with E-state index in [9.17, 15) is 8.42 Å². The topological polar surface area (TPSA) is 85.1 Å². The number of hydrogen-bond acceptors (Lipinski definition) is 6. The summed E-state index contributed by atoms with van der Waals surface area (Å²) in [7, 11) is -3.12. The Balaban J connectivity index is 1.79. The molecule has 0 bridgehead atoms. The first-order chi connectivity index (χ1) is 9.67. The monoisotopic (exact) mass is 299 g/mol. The van der Waals surface area contributed by atoms with Crippen LogP contribution in [-0.2, 0) is 9.84 Å². The Bertz CT molecular complexity index is 547. The van der Waals surface area contributed by atoms with Gasteiger partial charge in [0.15, 0.2) is 15.7 Å². The summed E-state index contributed by atoms with van der Waals surface area (Å²) in [5.41, 5.74) is 0.